The fourth-order valence-electron chi connectivity index (χ4n) is 2.36. The molecule has 3 nitrogen and oxygen atoms in total. The molecule has 6 heteroatoms. The fraction of sp³-hybridized carbons (Fsp3) is 0.200. The number of halogens is 1. The van der Waals surface area contributed by atoms with Gasteiger partial charge < -0.3 is 5.32 Å². The van der Waals surface area contributed by atoms with Crippen molar-refractivity contribution in [3.63, 3.8) is 0 Å². The number of aryl methyl sites for hydroxylation is 1. The predicted octanol–water partition coefficient (Wildman–Crippen LogP) is 4.71. The van der Waals surface area contributed by atoms with E-state index in [9.17, 15) is 9.18 Å². The first kappa shape index (κ1) is 18.6. The van der Waals surface area contributed by atoms with Crippen LogP contribution in [0.25, 0.3) is 10.6 Å². The highest BCUT2D eigenvalue weighted by Gasteiger charge is 2.09. The van der Waals surface area contributed by atoms with Crippen molar-refractivity contribution in [2.24, 2.45) is 0 Å². The van der Waals surface area contributed by atoms with Crippen molar-refractivity contribution in [2.75, 3.05) is 12.3 Å². The number of aromatic nitrogens is 1. The Morgan fingerprint density at radius 3 is 2.81 bits per heavy atom. The Morgan fingerprint density at radius 2 is 2.04 bits per heavy atom. The second-order valence-electron chi connectivity index (χ2n) is 5.84. The zero-order valence-corrected chi connectivity index (χ0v) is 16.0. The summed E-state index contributed by atoms with van der Waals surface area (Å²) in [5, 5.41) is 5.49. The number of amides is 1. The average Bonchev–Trinajstić information content (AvgIpc) is 3.09. The van der Waals surface area contributed by atoms with Crippen LogP contribution in [0, 0.1) is 12.7 Å². The number of benzene rings is 2. The highest BCUT2D eigenvalue weighted by Crippen LogP contribution is 2.24. The monoisotopic (exact) mass is 386 g/mol. The van der Waals surface area contributed by atoms with Gasteiger partial charge in [-0.3, -0.25) is 4.79 Å². The molecule has 0 fully saturated rings. The van der Waals surface area contributed by atoms with Crippen LogP contribution in [-0.2, 0) is 11.2 Å². The molecule has 0 unspecified atom stereocenters. The summed E-state index contributed by atoms with van der Waals surface area (Å²) in [7, 11) is 0. The lowest BCUT2D eigenvalue weighted by Crippen LogP contribution is -2.27. The highest BCUT2D eigenvalue weighted by atomic mass is 32.2. The van der Waals surface area contributed by atoms with Gasteiger partial charge in [-0.1, -0.05) is 29.8 Å². The number of carbonyl (C=O) groups is 1. The predicted molar refractivity (Wildman–Crippen MR) is 106 cm³/mol. The zero-order valence-electron chi connectivity index (χ0n) is 14.4. The van der Waals surface area contributed by atoms with Crippen molar-refractivity contribution in [2.45, 2.75) is 18.2 Å². The van der Waals surface area contributed by atoms with Gasteiger partial charge in [0.05, 0.1) is 12.1 Å². The van der Waals surface area contributed by atoms with Crippen molar-refractivity contribution in [1.29, 1.82) is 0 Å². The van der Waals surface area contributed by atoms with Crippen LogP contribution in [0.2, 0.25) is 0 Å². The molecule has 1 N–H and O–H groups in total. The number of thiazole rings is 1. The van der Waals surface area contributed by atoms with Gasteiger partial charge in [-0.15, -0.1) is 23.1 Å². The third-order valence-electron chi connectivity index (χ3n) is 3.68. The van der Waals surface area contributed by atoms with Crippen LogP contribution in [0.4, 0.5) is 4.39 Å². The Hall–Kier alpha value is -2.18. The van der Waals surface area contributed by atoms with Gasteiger partial charge in [0.2, 0.25) is 5.91 Å². The maximum atomic E-state index is 13.3. The summed E-state index contributed by atoms with van der Waals surface area (Å²) in [5.41, 5.74) is 2.68. The minimum atomic E-state index is -0.289. The smallest absolute Gasteiger partial charge is 0.226 e. The number of carbonyl (C=O) groups excluding carboxylic acids is 1. The summed E-state index contributed by atoms with van der Waals surface area (Å²) >= 11 is 3.13. The normalized spacial score (nSPS) is 10.7. The van der Waals surface area contributed by atoms with Crippen molar-refractivity contribution in [3.8, 4) is 10.6 Å². The molecule has 0 spiro atoms. The summed E-state index contributed by atoms with van der Waals surface area (Å²) in [6.45, 7) is 2.67. The maximum Gasteiger partial charge on any atom is 0.226 e. The Morgan fingerprint density at radius 1 is 1.23 bits per heavy atom. The van der Waals surface area contributed by atoms with Crippen LogP contribution in [-0.4, -0.2) is 23.2 Å². The molecule has 0 bridgehead atoms. The van der Waals surface area contributed by atoms with E-state index in [4.69, 9.17) is 0 Å². The van der Waals surface area contributed by atoms with Crippen molar-refractivity contribution < 1.29 is 9.18 Å². The van der Waals surface area contributed by atoms with Gasteiger partial charge in [0.25, 0.3) is 0 Å². The largest absolute Gasteiger partial charge is 0.355 e. The number of nitrogens with zero attached hydrogens (tertiary/aromatic N) is 1. The minimum Gasteiger partial charge on any atom is -0.355 e. The molecule has 0 aliphatic heterocycles. The minimum absolute atomic E-state index is 0.0504. The Kier molecular flexibility index (Phi) is 6.41. The van der Waals surface area contributed by atoms with Gasteiger partial charge in [-0.2, -0.15) is 0 Å². The quantitative estimate of drug-likeness (QED) is 0.472. The van der Waals surface area contributed by atoms with E-state index in [-0.39, 0.29) is 18.1 Å². The van der Waals surface area contributed by atoms with Crippen molar-refractivity contribution >= 4 is 29.0 Å². The first-order valence-electron chi connectivity index (χ1n) is 8.27. The maximum absolute atomic E-state index is 13.3. The molecule has 0 aliphatic carbocycles. The van der Waals surface area contributed by atoms with E-state index in [0.29, 0.717) is 12.2 Å². The molecule has 0 atom stereocenters. The van der Waals surface area contributed by atoms with Gasteiger partial charge in [0.1, 0.15) is 10.8 Å². The molecular weight excluding hydrogens is 367 g/mol. The lowest BCUT2D eigenvalue weighted by Gasteiger charge is -2.04. The molecule has 0 aliphatic rings. The Bertz CT molecular complexity index is 878. The van der Waals surface area contributed by atoms with Crippen LogP contribution in [0.1, 0.15) is 11.3 Å². The molecule has 0 radical (unpaired) electrons. The molecule has 3 aromatic rings. The van der Waals surface area contributed by atoms with Gasteiger partial charge in [0, 0.05) is 28.1 Å². The summed E-state index contributed by atoms with van der Waals surface area (Å²) in [5.74, 6) is 0.481. The molecule has 0 saturated carbocycles. The van der Waals surface area contributed by atoms with Crippen molar-refractivity contribution in [1.82, 2.24) is 10.3 Å². The van der Waals surface area contributed by atoms with E-state index < -0.39 is 0 Å². The second-order valence-corrected chi connectivity index (χ2v) is 7.87. The molecular formula is C20H19FN2OS2. The summed E-state index contributed by atoms with van der Waals surface area (Å²) in [4.78, 5) is 17.7. The first-order chi connectivity index (χ1) is 12.6. The van der Waals surface area contributed by atoms with Crippen LogP contribution >= 0.6 is 23.1 Å². The number of rotatable bonds is 7. The third-order valence-corrected chi connectivity index (χ3v) is 5.63. The van der Waals surface area contributed by atoms with Crippen LogP contribution in [0.5, 0.6) is 0 Å². The van der Waals surface area contributed by atoms with E-state index >= 15 is 0 Å². The Labute approximate surface area is 160 Å². The van der Waals surface area contributed by atoms with Crippen LogP contribution in [0.15, 0.2) is 58.8 Å². The van der Waals surface area contributed by atoms with Crippen LogP contribution in [0.3, 0.4) is 0 Å². The average molecular weight is 387 g/mol. The summed E-state index contributed by atoms with van der Waals surface area (Å²) < 4.78 is 13.3. The molecule has 3 rings (SSSR count). The van der Waals surface area contributed by atoms with Gasteiger partial charge in [0.15, 0.2) is 0 Å². The van der Waals surface area contributed by atoms with E-state index in [1.165, 1.54) is 33.9 Å². The van der Waals surface area contributed by atoms with E-state index in [2.05, 4.69) is 41.5 Å². The molecule has 2 aromatic carbocycles. The number of hydrogen-bond acceptors (Lipinski definition) is 4. The highest BCUT2D eigenvalue weighted by molar-refractivity contribution is 7.99. The molecule has 134 valence electrons. The van der Waals surface area contributed by atoms with Gasteiger partial charge in [-0.25, -0.2) is 9.37 Å². The van der Waals surface area contributed by atoms with E-state index in [1.807, 2.05) is 11.4 Å². The van der Waals surface area contributed by atoms with Gasteiger partial charge >= 0.3 is 0 Å². The lowest BCUT2D eigenvalue weighted by atomic mass is 10.2. The molecule has 1 amide bonds. The molecule has 26 heavy (non-hydrogen) atoms. The van der Waals surface area contributed by atoms with Crippen LogP contribution < -0.4 is 5.32 Å². The molecule has 1 heterocycles. The van der Waals surface area contributed by atoms with E-state index in [0.717, 1.165) is 16.3 Å². The summed E-state index contributed by atoms with van der Waals surface area (Å²) in [6.07, 6.45) is 0.237. The number of nitrogens with one attached hydrogen (secondary N) is 1. The Balaban J connectivity index is 1.44. The fourth-order valence-corrected chi connectivity index (χ4v) is 3.95. The third kappa shape index (κ3) is 5.41. The molecule has 1 aromatic heterocycles. The second kappa shape index (κ2) is 8.96. The van der Waals surface area contributed by atoms with Crippen molar-refractivity contribution in [3.05, 3.63) is 71.0 Å². The zero-order chi connectivity index (χ0) is 18.4. The SMILES string of the molecule is Cc1ccc(SCCNC(=O)Cc2csc(-c3cccc(F)c3)n2)cc1. The molecule has 0 saturated heterocycles. The number of hydrogen-bond donors (Lipinski definition) is 1. The van der Waals surface area contributed by atoms with Gasteiger partial charge in [-0.05, 0) is 31.2 Å². The topological polar surface area (TPSA) is 42.0 Å². The standard InChI is InChI=1S/C20H19FN2OS2/c1-14-5-7-18(8-6-14)25-10-9-22-19(24)12-17-13-26-20(23-17)15-3-2-4-16(21)11-15/h2-8,11,13H,9-10,12H2,1H3,(H,22,24). The first-order valence-corrected chi connectivity index (χ1v) is 10.1. The lowest BCUT2D eigenvalue weighted by molar-refractivity contribution is -0.120. The number of thioether (sulfide) groups is 1. The summed E-state index contributed by atoms with van der Waals surface area (Å²) in [6, 6.07) is 14.7. The van der Waals surface area contributed by atoms with E-state index in [1.54, 1.807) is 17.8 Å².